The molecule has 0 radical (unpaired) electrons. The first kappa shape index (κ1) is 16.6. The van der Waals surface area contributed by atoms with Crippen molar-refractivity contribution in [2.45, 2.75) is 38.3 Å². The molecule has 1 heterocycles. The van der Waals surface area contributed by atoms with Crippen molar-refractivity contribution in [1.29, 1.82) is 0 Å². The third-order valence-electron chi connectivity index (χ3n) is 3.96. The number of anilines is 1. The molecule has 1 amide bonds. The van der Waals surface area contributed by atoms with Crippen LogP contribution >= 0.6 is 23.2 Å². The van der Waals surface area contributed by atoms with Crippen molar-refractivity contribution in [3.63, 3.8) is 0 Å². The summed E-state index contributed by atoms with van der Waals surface area (Å²) in [6.07, 6.45) is 3.05. The van der Waals surface area contributed by atoms with E-state index in [1.807, 2.05) is 0 Å². The van der Waals surface area contributed by atoms with Crippen molar-refractivity contribution in [3.05, 3.63) is 28.2 Å². The first-order chi connectivity index (χ1) is 10.0. The van der Waals surface area contributed by atoms with Gasteiger partial charge in [0.15, 0.2) is 0 Å². The van der Waals surface area contributed by atoms with Gasteiger partial charge >= 0.3 is 0 Å². The van der Waals surface area contributed by atoms with Gasteiger partial charge in [0, 0.05) is 12.1 Å². The number of hydrogen-bond acceptors (Lipinski definition) is 3. The zero-order valence-corrected chi connectivity index (χ0v) is 13.5. The van der Waals surface area contributed by atoms with Crippen molar-refractivity contribution in [3.8, 4) is 0 Å². The Labute approximate surface area is 135 Å². The number of amides is 1. The number of carbonyl (C=O) groups is 1. The summed E-state index contributed by atoms with van der Waals surface area (Å²) in [5, 5.41) is 13.0. The maximum Gasteiger partial charge on any atom is 0.238 e. The lowest BCUT2D eigenvalue weighted by molar-refractivity contribution is -0.119. The second-order valence-corrected chi connectivity index (χ2v) is 6.22. The van der Waals surface area contributed by atoms with Gasteiger partial charge in [0.05, 0.1) is 28.9 Å². The molecule has 2 unspecified atom stereocenters. The molecule has 116 valence electrons. The third kappa shape index (κ3) is 4.10. The van der Waals surface area contributed by atoms with E-state index < -0.39 is 0 Å². The van der Waals surface area contributed by atoms with E-state index in [0.29, 0.717) is 15.7 Å². The number of nitrogens with zero attached hydrogens (tertiary/aromatic N) is 1. The molecule has 4 nitrogen and oxygen atoms in total. The van der Waals surface area contributed by atoms with Crippen LogP contribution in [0, 0.1) is 0 Å². The summed E-state index contributed by atoms with van der Waals surface area (Å²) in [5.74, 6) is -0.147. The second kappa shape index (κ2) is 7.45. The maximum absolute atomic E-state index is 12.2. The van der Waals surface area contributed by atoms with Crippen molar-refractivity contribution in [2.75, 3.05) is 18.5 Å². The number of benzene rings is 1. The van der Waals surface area contributed by atoms with Gasteiger partial charge in [-0.05, 0) is 31.9 Å². The highest BCUT2D eigenvalue weighted by Crippen LogP contribution is 2.29. The highest BCUT2D eigenvalue weighted by molar-refractivity contribution is 6.43. The Balaban J connectivity index is 2.02. The quantitative estimate of drug-likeness (QED) is 0.891. The minimum absolute atomic E-state index is 0.0503. The van der Waals surface area contributed by atoms with Gasteiger partial charge in [0.25, 0.3) is 0 Å². The van der Waals surface area contributed by atoms with E-state index in [0.717, 1.165) is 19.3 Å². The van der Waals surface area contributed by atoms with Crippen LogP contribution < -0.4 is 5.32 Å². The average molecular weight is 331 g/mol. The molecule has 6 heteroatoms. The summed E-state index contributed by atoms with van der Waals surface area (Å²) in [4.78, 5) is 14.3. The summed E-state index contributed by atoms with van der Waals surface area (Å²) >= 11 is 12.0. The van der Waals surface area contributed by atoms with Crippen LogP contribution in [-0.4, -0.2) is 41.1 Å². The smallest absolute Gasteiger partial charge is 0.238 e. The fourth-order valence-electron chi connectivity index (χ4n) is 2.78. The predicted molar refractivity (Wildman–Crippen MR) is 86.0 cm³/mol. The first-order valence-electron chi connectivity index (χ1n) is 7.13. The van der Waals surface area contributed by atoms with Crippen LogP contribution in [-0.2, 0) is 4.79 Å². The number of hydrogen-bond donors (Lipinski definition) is 2. The molecule has 2 rings (SSSR count). The molecule has 1 aromatic carbocycles. The Morgan fingerprint density at radius 1 is 1.43 bits per heavy atom. The van der Waals surface area contributed by atoms with Crippen LogP contribution in [0.25, 0.3) is 0 Å². The van der Waals surface area contributed by atoms with Crippen LogP contribution in [0.5, 0.6) is 0 Å². The number of nitrogens with one attached hydrogen (secondary N) is 1. The van der Waals surface area contributed by atoms with E-state index in [1.165, 1.54) is 0 Å². The molecule has 21 heavy (non-hydrogen) atoms. The van der Waals surface area contributed by atoms with Gasteiger partial charge in [-0.1, -0.05) is 35.7 Å². The van der Waals surface area contributed by atoms with Crippen LogP contribution in [0.3, 0.4) is 0 Å². The van der Waals surface area contributed by atoms with Crippen LogP contribution in [0.15, 0.2) is 18.2 Å². The monoisotopic (exact) mass is 330 g/mol. The Morgan fingerprint density at radius 3 is 2.90 bits per heavy atom. The van der Waals surface area contributed by atoms with Gasteiger partial charge in [0.2, 0.25) is 5.91 Å². The van der Waals surface area contributed by atoms with E-state index in [4.69, 9.17) is 23.2 Å². The number of carbonyl (C=O) groups excluding carboxylic acids is 1. The van der Waals surface area contributed by atoms with E-state index in [1.54, 1.807) is 18.2 Å². The first-order valence-corrected chi connectivity index (χ1v) is 7.89. The molecule has 1 saturated heterocycles. The summed E-state index contributed by atoms with van der Waals surface area (Å²) in [5.41, 5.74) is 0.513. The number of piperidine rings is 1. The van der Waals surface area contributed by atoms with Gasteiger partial charge in [-0.2, -0.15) is 0 Å². The normalized spacial score (nSPS) is 23.0. The molecular formula is C15H20Cl2N2O2. The summed E-state index contributed by atoms with van der Waals surface area (Å²) in [7, 11) is 0. The molecule has 0 saturated carbocycles. The molecule has 0 spiro atoms. The number of aliphatic hydroxyl groups excluding tert-OH is 1. The lowest BCUT2D eigenvalue weighted by atomic mass is 9.97. The zero-order chi connectivity index (χ0) is 15.4. The molecule has 0 aliphatic carbocycles. The molecule has 2 N–H and O–H groups in total. The lowest BCUT2D eigenvalue weighted by Crippen LogP contribution is -2.50. The Hall–Kier alpha value is -0.810. The molecular weight excluding hydrogens is 311 g/mol. The summed E-state index contributed by atoms with van der Waals surface area (Å²) in [6, 6.07) is 5.47. The SMILES string of the molecule is CC1CCCC(CO)N1CC(=O)Nc1cccc(Cl)c1Cl. The molecule has 0 aromatic heterocycles. The fraction of sp³-hybridized carbons (Fsp3) is 0.533. The highest BCUT2D eigenvalue weighted by Gasteiger charge is 2.28. The van der Waals surface area contributed by atoms with Gasteiger partial charge in [-0.3, -0.25) is 9.69 Å². The minimum Gasteiger partial charge on any atom is -0.395 e. The topological polar surface area (TPSA) is 52.6 Å². The standard InChI is InChI=1S/C15H20Cl2N2O2/c1-10-4-2-5-11(9-20)19(10)8-14(21)18-13-7-3-6-12(16)15(13)17/h3,6-7,10-11,20H,2,4-5,8-9H2,1H3,(H,18,21). The molecule has 0 bridgehead atoms. The highest BCUT2D eigenvalue weighted by atomic mass is 35.5. The maximum atomic E-state index is 12.2. The van der Waals surface area contributed by atoms with Crippen molar-refractivity contribution < 1.29 is 9.90 Å². The Morgan fingerprint density at radius 2 is 2.19 bits per heavy atom. The predicted octanol–water partition coefficient (Wildman–Crippen LogP) is 3.17. The van der Waals surface area contributed by atoms with Crippen molar-refractivity contribution in [2.24, 2.45) is 0 Å². The molecule has 1 aliphatic heterocycles. The second-order valence-electron chi connectivity index (χ2n) is 5.44. The van der Waals surface area contributed by atoms with E-state index in [9.17, 15) is 9.90 Å². The van der Waals surface area contributed by atoms with E-state index >= 15 is 0 Å². The molecule has 1 aromatic rings. The largest absolute Gasteiger partial charge is 0.395 e. The minimum atomic E-state index is -0.147. The Kier molecular flexibility index (Phi) is 5.88. The Bertz CT molecular complexity index is 510. The van der Waals surface area contributed by atoms with Gasteiger partial charge < -0.3 is 10.4 Å². The van der Waals surface area contributed by atoms with Gasteiger partial charge in [-0.15, -0.1) is 0 Å². The number of rotatable bonds is 4. The average Bonchev–Trinajstić information content (AvgIpc) is 2.46. The molecule has 1 aliphatic rings. The lowest BCUT2D eigenvalue weighted by Gasteiger charge is -2.39. The summed E-state index contributed by atoms with van der Waals surface area (Å²) in [6.45, 7) is 2.41. The number of halogens is 2. The van der Waals surface area contributed by atoms with Crippen molar-refractivity contribution >= 4 is 34.8 Å². The van der Waals surface area contributed by atoms with Crippen molar-refractivity contribution in [1.82, 2.24) is 4.90 Å². The molecule has 2 atom stereocenters. The fourth-order valence-corrected chi connectivity index (χ4v) is 3.13. The van der Waals surface area contributed by atoms with Crippen LogP contribution in [0.1, 0.15) is 26.2 Å². The number of aliphatic hydroxyl groups is 1. The van der Waals surface area contributed by atoms with E-state index in [2.05, 4.69) is 17.1 Å². The zero-order valence-electron chi connectivity index (χ0n) is 12.0. The van der Waals surface area contributed by atoms with E-state index in [-0.39, 0.29) is 31.1 Å². The van der Waals surface area contributed by atoms with Crippen LogP contribution in [0.4, 0.5) is 5.69 Å². The number of likely N-dealkylation sites (tertiary alicyclic amines) is 1. The summed E-state index contributed by atoms with van der Waals surface area (Å²) < 4.78 is 0. The van der Waals surface area contributed by atoms with Gasteiger partial charge in [0.1, 0.15) is 0 Å². The third-order valence-corrected chi connectivity index (χ3v) is 4.78. The van der Waals surface area contributed by atoms with Gasteiger partial charge in [-0.25, -0.2) is 0 Å². The van der Waals surface area contributed by atoms with Crippen LogP contribution in [0.2, 0.25) is 10.0 Å². The molecule has 1 fully saturated rings.